The summed E-state index contributed by atoms with van der Waals surface area (Å²) in [5, 5.41) is 2.45. The molecule has 2 aromatic rings. The maximum atomic E-state index is 12.4. The van der Waals surface area contributed by atoms with Gasteiger partial charge in [0.2, 0.25) is 11.7 Å². The third-order valence-corrected chi connectivity index (χ3v) is 4.92. The van der Waals surface area contributed by atoms with Crippen molar-refractivity contribution in [3.8, 4) is 0 Å². The molecule has 0 saturated carbocycles. The lowest BCUT2D eigenvalue weighted by Gasteiger charge is -2.36. The minimum absolute atomic E-state index is 0.166. The topological polar surface area (TPSA) is 69.7 Å². The Bertz CT molecular complexity index is 869. The summed E-state index contributed by atoms with van der Waals surface area (Å²) in [6.45, 7) is 6.41. The van der Waals surface area contributed by atoms with Gasteiger partial charge in [0.1, 0.15) is 0 Å². The lowest BCUT2D eigenvalue weighted by atomic mass is 10.1. The molecule has 1 saturated heterocycles. The van der Waals surface area contributed by atoms with Crippen molar-refractivity contribution >= 4 is 23.3 Å². The van der Waals surface area contributed by atoms with Crippen LogP contribution >= 0.6 is 0 Å². The Morgan fingerprint density at radius 1 is 0.893 bits per heavy atom. The van der Waals surface area contributed by atoms with Gasteiger partial charge in [-0.2, -0.15) is 0 Å². The first-order chi connectivity index (χ1) is 13.4. The van der Waals surface area contributed by atoms with Crippen LogP contribution in [0, 0.1) is 13.8 Å². The number of hydrogen-bond acceptors (Lipinski definition) is 4. The average molecular weight is 379 g/mol. The minimum atomic E-state index is -0.753. The van der Waals surface area contributed by atoms with Crippen molar-refractivity contribution in [1.82, 2.24) is 10.2 Å². The quantitative estimate of drug-likeness (QED) is 0.637. The molecule has 2 aromatic carbocycles. The SMILES string of the molecule is Cc1ccc(N2CCN(C(=O)CNC(=O)C(=O)c3cccc(C)c3)CC2)cc1. The van der Waals surface area contributed by atoms with Crippen LogP contribution in [-0.2, 0) is 9.59 Å². The fraction of sp³-hybridized carbons (Fsp3) is 0.318. The molecule has 0 unspecified atom stereocenters. The molecular formula is C22H25N3O3. The molecule has 0 aromatic heterocycles. The van der Waals surface area contributed by atoms with Gasteiger partial charge in [-0.25, -0.2) is 0 Å². The molecule has 6 heteroatoms. The normalized spacial score (nSPS) is 13.9. The van der Waals surface area contributed by atoms with Gasteiger partial charge in [-0.05, 0) is 32.0 Å². The first-order valence-electron chi connectivity index (χ1n) is 9.42. The largest absolute Gasteiger partial charge is 0.368 e. The second-order valence-corrected chi connectivity index (χ2v) is 7.08. The second kappa shape index (κ2) is 8.69. The van der Waals surface area contributed by atoms with E-state index < -0.39 is 11.7 Å². The molecular weight excluding hydrogens is 354 g/mol. The van der Waals surface area contributed by atoms with Crippen molar-refractivity contribution in [2.75, 3.05) is 37.6 Å². The van der Waals surface area contributed by atoms with E-state index in [1.54, 1.807) is 23.1 Å². The number of amides is 2. The molecule has 28 heavy (non-hydrogen) atoms. The summed E-state index contributed by atoms with van der Waals surface area (Å²) >= 11 is 0. The number of carbonyl (C=O) groups is 3. The Morgan fingerprint density at radius 3 is 2.21 bits per heavy atom. The first-order valence-corrected chi connectivity index (χ1v) is 9.42. The van der Waals surface area contributed by atoms with E-state index in [-0.39, 0.29) is 12.5 Å². The van der Waals surface area contributed by atoms with Crippen LogP contribution in [0.15, 0.2) is 48.5 Å². The Kier molecular flexibility index (Phi) is 6.09. The van der Waals surface area contributed by atoms with Crippen LogP contribution in [0.5, 0.6) is 0 Å². The zero-order valence-corrected chi connectivity index (χ0v) is 16.3. The van der Waals surface area contributed by atoms with Crippen molar-refractivity contribution in [2.24, 2.45) is 0 Å². The Hall–Kier alpha value is -3.15. The van der Waals surface area contributed by atoms with Gasteiger partial charge in [0.25, 0.3) is 5.91 Å². The van der Waals surface area contributed by atoms with Crippen LogP contribution in [0.1, 0.15) is 21.5 Å². The summed E-state index contributed by atoms with van der Waals surface area (Å²) in [5.41, 5.74) is 3.60. The minimum Gasteiger partial charge on any atom is -0.368 e. The fourth-order valence-electron chi connectivity index (χ4n) is 3.24. The number of rotatable bonds is 5. The van der Waals surface area contributed by atoms with E-state index in [0.29, 0.717) is 18.7 Å². The van der Waals surface area contributed by atoms with Gasteiger partial charge >= 0.3 is 0 Å². The Morgan fingerprint density at radius 2 is 1.57 bits per heavy atom. The van der Waals surface area contributed by atoms with Gasteiger partial charge in [0, 0.05) is 37.4 Å². The van der Waals surface area contributed by atoms with Crippen molar-refractivity contribution in [3.05, 3.63) is 65.2 Å². The number of nitrogens with zero attached hydrogens (tertiary/aromatic N) is 2. The van der Waals surface area contributed by atoms with E-state index in [0.717, 1.165) is 24.3 Å². The number of ketones is 1. The monoisotopic (exact) mass is 379 g/mol. The highest BCUT2D eigenvalue weighted by Crippen LogP contribution is 2.17. The number of nitrogens with one attached hydrogen (secondary N) is 1. The second-order valence-electron chi connectivity index (χ2n) is 7.08. The molecule has 1 fully saturated rings. The molecule has 6 nitrogen and oxygen atoms in total. The summed E-state index contributed by atoms with van der Waals surface area (Å²) < 4.78 is 0. The summed E-state index contributed by atoms with van der Waals surface area (Å²) in [5.74, 6) is -1.55. The van der Waals surface area contributed by atoms with Crippen LogP contribution in [-0.4, -0.2) is 55.2 Å². The zero-order chi connectivity index (χ0) is 20.1. The van der Waals surface area contributed by atoms with Gasteiger partial charge in [-0.1, -0.05) is 41.5 Å². The van der Waals surface area contributed by atoms with Gasteiger partial charge < -0.3 is 15.1 Å². The third-order valence-electron chi connectivity index (χ3n) is 4.92. The summed E-state index contributed by atoms with van der Waals surface area (Å²) in [7, 11) is 0. The van der Waals surface area contributed by atoms with E-state index in [4.69, 9.17) is 0 Å². The molecule has 1 N–H and O–H groups in total. The van der Waals surface area contributed by atoms with Crippen LogP contribution in [0.4, 0.5) is 5.69 Å². The molecule has 1 aliphatic heterocycles. The van der Waals surface area contributed by atoms with Crippen LogP contribution < -0.4 is 10.2 Å². The third kappa shape index (κ3) is 4.76. The Balaban J connectivity index is 1.47. The van der Waals surface area contributed by atoms with Gasteiger partial charge in [-0.15, -0.1) is 0 Å². The number of benzene rings is 2. The van der Waals surface area contributed by atoms with E-state index in [1.807, 2.05) is 13.0 Å². The molecule has 2 amide bonds. The summed E-state index contributed by atoms with van der Waals surface area (Å²) in [6.07, 6.45) is 0. The van der Waals surface area contributed by atoms with E-state index in [1.165, 1.54) is 5.56 Å². The van der Waals surface area contributed by atoms with Crippen LogP contribution in [0.2, 0.25) is 0 Å². The molecule has 1 heterocycles. The average Bonchev–Trinajstić information content (AvgIpc) is 2.72. The molecule has 1 aliphatic rings. The van der Waals surface area contributed by atoms with Gasteiger partial charge in [-0.3, -0.25) is 14.4 Å². The molecule has 0 radical (unpaired) electrons. The lowest BCUT2D eigenvalue weighted by molar-refractivity contribution is -0.132. The molecule has 0 aliphatic carbocycles. The molecule has 0 bridgehead atoms. The summed E-state index contributed by atoms with van der Waals surface area (Å²) in [6, 6.07) is 15.2. The molecule has 0 atom stereocenters. The van der Waals surface area contributed by atoms with Crippen LogP contribution in [0.3, 0.4) is 0 Å². The number of Topliss-reactive ketones (excluding diaryl/α,β-unsaturated/α-hetero) is 1. The number of piperazine rings is 1. The van der Waals surface area contributed by atoms with Gasteiger partial charge in [0.15, 0.2) is 0 Å². The standard InChI is InChI=1S/C22H25N3O3/c1-16-6-8-19(9-7-16)24-10-12-25(13-11-24)20(26)15-23-22(28)21(27)18-5-3-4-17(2)14-18/h3-9,14H,10-13,15H2,1-2H3,(H,23,28). The fourth-order valence-corrected chi connectivity index (χ4v) is 3.24. The lowest BCUT2D eigenvalue weighted by Crippen LogP contribution is -2.51. The first kappa shape index (κ1) is 19.6. The zero-order valence-electron chi connectivity index (χ0n) is 16.3. The smallest absolute Gasteiger partial charge is 0.292 e. The Labute approximate surface area is 165 Å². The highest BCUT2D eigenvalue weighted by Gasteiger charge is 2.23. The van der Waals surface area contributed by atoms with Gasteiger partial charge in [0.05, 0.1) is 6.54 Å². The molecule has 0 spiro atoms. The maximum absolute atomic E-state index is 12.4. The van der Waals surface area contributed by atoms with E-state index in [2.05, 4.69) is 41.4 Å². The highest BCUT2D eigenvalue weighted by molar-refractivity contribution is 6.43. The summed E-state index contributed by atoms with van der Waals surface area (Å²) in [4.78, 5) is 40.6. The number of hydrogen-bond donors (Lipinski definition) is 1. The predicted molar refractivity (Wildman–Crippen MR) is 108 cm³/mol. The molecule has 3 rings (SSSR count). The van der Waals surface area contributed by atoms with Crippen molar-refractivity contribution < 1.29 is 14.4 Å². The van der Waals surface area contributed by atoms with Crippen LogP contribution in [0.25, 0.3) is 0 Å². The molecule has 146 valence electrons. The van der Waals surface area contributed by atoms with Crippen molar-refractivity contribution in [2.45, 2.75) is 13.8 Å². The maximum Gasteiger partial charge on any atom is 0.292 e. The highest BCUT2D eigenvalue weighted by atomic mass is 16.2. The van der Waals surface area contributed by atoms with E-state index >= 15 is 0 Å². The predicted octanol–water partition coefficient (Wildman–Crippen LogP) is 1.95. The van der Waals surface area contributed by atoms with Crippen molar-refractivity contribution in [3.63, 3.8) is 0 Å². The number of aryl methyl sites for hydroxylation is 2. The number of carbonyl (C=O) groups excluding carboxylic acids is 3. The number of anilines is 1. The van der Waals surface area contributed by atoms with Crippen molar-refractivity contribution in [1.29, 1.82) is 0 Å². The van der Waals surface area contributed by atoms with E-state index in [9.17, 15) is 14.4 Å².